The van der Waals surface area contributed by atoms with Crippen molar-refractivity contribution >= 4 is 16.5 Å². The lowest BCUT2D eigenvalue weighted by Gasteiger charge is -2.04. The molecule has 100 valence electrons. The number of anilines is 1. The first-order valence-electron chi connectivity index (χ1n) is 6.54. The van der Waals surface area contributed by atoms with Gasteiger partial charge in [0.25, 0.3) is 0 Å². The maximum atomic E-state index is 5.76. The van der Waals surface area contributed by atoms with Gasteiger partial charge in [-0.2, -0.15) is 0 Å². The third kappa shape index (κ3) is 2.45. The standard InChI is InChI=1S/C17H16N2S/c1-11-3-5-13(6-4-11)14-7-9-15(10-8-14)16-12(2)20-17(18)19-16/h3-10H,1-2H3,(H2,18,19). The average Bonchev–Trinajstić information content (AvgIpc) is 2.79. The van der Waals surface area contributed by atoms with Gasteiger partial charge < -0.3 is 5.73 Å². The van der Waals surface area contributed by atoms with Crippen LogP contribution in [-0.4, -0.2) is 4.98 Å². The van der Waals surface area contributed by atoms with Gasteiger partial charge >= 0.3 is 0 Å². The topological polar surface area (TPSA) is 38.9 Å². The molecule has 3 rings (SSSR count). The summed E-state index contributed by atoms with van der Waals surface area (Å²) in [6.45, 7) is 4.15. The molecule has 1 aromatic heterocycles. The van der Waals surface area contributed by atoms with Crippen molar-refractivity contribution in [2.75, 3.05) is 5.73 Å². The van der Waals surface area contributed by atoms with E-state index in [9.17, 15) is 0 Å². The minimum absolute atomic E-state index is 0.625. The Bertz CT molecular complexity index is 725. The van der Waals surface area contributed by atoms with Gasteiger partial charge in [0.1, 0.15) is 0 Å². The number of hydrogen-bond donors (Lipinski definition) is 1. The van der Waals surface area contributed by atoms with Crippen molar-refractivity contribution in [2.45, 2.75) is 13.8 Å². The van der Waals surface area contributed by atoms with Gasteiger partial charge in [-0.15, -0.1) is 11.3 Å². The van der Waals surface area contributed by atoms with E-state index in [1.165, 1.54) is 28.0 Å². The fourth-order valence-electron chi connectivity index (χ4n) is 2.25. The molecule has 0 aliphatic carbocycles. The van der Waals surface area contributed by atoms with Gasteiger partial charge in [0.05, 0.1) is 5.69 Å². The third-order valence-corrected chi connectivity index (χ3v) is 4.16. The molecular formula is C17H16N2S. The van der Waals surface area contributed by atoms with E-state index in [0.717, 1.165) is 16.1 Å². The first-order valence-corrected chi connectivity index (χ1v) is 7.35. The van der Waals surface area contributed by atoms with E-state index < -0.39 is 0 Å². The SMILES string of the molecule is Cc1ccc(-c2ccc(-c3nc(N)sc3C)cc2)cc1. The summed E-state index contributed by atoms with van der Waals surface area (Å²) in [5, 5.41) is 0.625. The number of thiazole rings is 1. The number of hydrogen-bond acceptors (Lipinski definition) is 3. The molecule has 0 radical (unpaired) electrons. The molecule has 3 aromatic rings. The lowest BCUT2D eigenvalue weighted by molar-refractivity contribution is 1.38. The molecule has 2 N–H and O–H groups in total. The first kappa shape index (κ1) is 12.9. The molecule has 3 heteroatoms. The zero-order valence-electron chi connectivity index (χ0n) is 11.6. The van der Waals surface area contributed by atoms with Gasteiger partial charge in [-0.1, -0.05) is 54.1 Å². The Morgan fingerprint density at radius 3 is 1.80 bits per heavy atom. The molecule has 0 amide bonds. The van der Waals surface area contributed by atoms with Crippen LogP contribution in [-0.2, 0) is 0 Å². The number of aromatic nitrogens is 1. The summed E-state index contributed by atoms with van der Waals surface area (Å²) < 4.78 is 0. The zero-order valence-corrected chi connectivity index (χ0v) is 12.4. The van der Waals surface area contributed by atoms with Gasteiger partial charge in [-0.3, -0.25) is 0 Å². The summed E-state index contributed by atoms with van der Waals surface area (Å²) >= 11 is 1.53. The van der Waals surface area contributed by atoms with Crippen molar-refractivity contribution in [1.29, 1.82) is 0 Å². The van der Waals surface area contributed by atoms with E-state index in [2.05, 4.69) is 67.4 Å². The normalized spacial score (nSPS) is 10.7. The van der Waals surface area contributed by atoms with Crippen LogP contribution in [0.3, 0.4) is 0 Å². The summed E-state index contributed by atoms with van der Waals surface area (Å²) in [4.78, 5) is 5.55. The Labute approximate surface area is 122 Å². The van der Waals surface area contributed by atoms with Crippen LogP contribution in [0.1, 0.15) is 10.4 Å². The molecule has 0 bridgehead atoms. The molecule has 0 spiro atoms. The number of aryl methyl sites for hydroxylation is 2. The molecule has 0 atom stereocenters. The van der Waals surface area contributed by atoms with Gasteiger partial charge in [0.15, 0.2) is 5.13 Å². The number of nitrogens with zero attached hydrogens (tertiary/aromatic N) is 1. The molecule has 0 saturated heterocycles. The van der Waals surface area contributed by atoms with Crippen molar-refractivity contribution in [1.82, 2.24) is 4.98 Å². The van der Waals surface area contributed by atoms with Crippen LogP contribution in [0.2, 0.25) is 0 Å². The maximum Gasteiger partial charge on any atom is 0.180 e. The largest absolute Gasteiger partial charge is 0.375 e. The van der Waals surface area contributed by atoms with Crippen LogP contribution in [0.25, 0.3) is 22.4 Å². The minimum atomic E-state index is 0.625. The second-order valence-corrected chi connectivity index (χ2v) is 6.14. The predicted octanol–water partition coefficient (Wildman–Crippen LogP) is 4.68. The summed E-state index contributed by atoms with van der Waals surface area (Å²) in [7, 11) is 0. The molecule has 0 aliphatic heterocycles. The minimum Gasteiger partial charge on any atom is -0.375 e. The molecule has 0 fully saturated rings. The van der Waals surface area contributed by atoms with E-state index in [-0.39, 0.29) is 0 Å². The Kier molecular flexibility index (Phi) is 3.28. The van der Waals surface area contributed by atoms with E-state index >= 15 is 0 Å². The number of nitrogen functional groups attached to an aromatic ring is 1. The van der Waals surface area contributed by atoms with Crippen molar-refractivity contribution in [3.63, 3.8) is 0 Å². The summed E-state index contributed by atoms with van der Waals surface area (Å²) in [6.07, 6.45) is 0. The van der Waals surface area contributed by atoms with Gasteiger partial charge in [-0.05, 0) is 25.0 Å². The smallest absolute Gasteiger partial charge is 0.180 e. The zero-order chi connectivity index (χ0) is 14.1. The molecular weight excluding hydrogens is 264 g/mol. The van der Waals surface area contributed by atoms with Crippen LogP contribution in [0.5, 0.6) is 0 Å². The van der Waals surface area contributed by atoms with Crippen molar-refractivity contribution < 1.29 is 0 Å². The second-order valence-electron chi connectivity index (χ2n) is 4.90. The highest BCUT2D eigenvalue weighted by Crippen LogP contribution is 2.30. The fourth-order valence-corrected chi connectivity index (χ4v) is 2.96. The molecule has 20 heavy (non-hydrogen) atoms. The Morgan fingerprint density at radius 2 is 1.30 bits per heavy atom. The number of rotatable bonds is 2. The highest BCUT2D eigenvalue weighted by Gasteiger charge is 2.08. The van der Waals surface area contributed by atoms with E-state index in [1.54, 1.807) is 0 Å². The van der Waals surface area contributed by atoms with Crippen LogP contribution in [0, 0.1) is 13.8 Å². The van der Waals surface area contributed by atoms with Crippen molar-refractivity contribution in [2.24, 2.45) is 0 Å². The second kappa shape index (κ2) is 5.10. The quantitative estimate of drug-likeness (QED) is 0.740. The van der Waals surface area contributed by atoms with Gasteiger partial charge in [0.2, 0.25) is 0 Å². The van der Waals surface area contributed by atoms with Crippen LogP contribution in [0.15, 0.2) is 48.5 Å². The highest BCUT2D eigenvalue weighted by molar-refractivity contribution is 7.15. The van der Waals surface area contributed by atoms with E-state index in [4.69, 9.17) is 5.73 Å². The molecule has 0 unspecified atom stereocenters. The van der Waals surface area contributed by atoms with Crippen LogP contribution >= 0.6 is 11.3 Å². The monoisotopic (exact) mass is 280 g/mol. The van der Waals surface area contributed by atoms with Crippen LogP contribution < -0.4 is 5.73 Å². The highest BCUT2D eigenvalue weighted by atomic mass is 32.1. The lowest BCUT2D eigenvalue weighted by Crippen LogP contribution is -1.84. The Balaban J connectivity index is 1.95. The summed E-state index contributed by atoms with van der Waals surface area (Å²) in [6, 6.07) is 17.0. The third-order valence-electron chi connectivity index (χ3n) is 3.36. The Hall–Kier alpha value is -2.13. The van der Waals surface area contributed by atoms with Gasteiger partial charge in [-0.25, -0.2) is 4.98 Å². The number of nitrogens with two attached hydrogens (primary N) is 1. The molecule has 2 nitrogen and oxygen atoms in total. The first-order chi connectivity index (χ1) is 9.63. The lowest BCUT2D eigenvalue weighted by atomic mass is 10.0. The maximum absolute atomic E-state index is 5.76. The van der Waals surface area contributed by atoms with Gasteiger partial charge in [0, 0.05) is 10.4 Å². The van der Waals surface area contributed by atoms with Crippen molar-refractivity contribution in [3.05, 3.63) is 59.0 Å². The predicted molar refractivity (Wildman–Crippen MR) is 86.9 cm³/mol. The summed E-state index contributed by atoms with van der Waals surface area (Å²) in [5.74, 6) is 0. The molecule has 1 heterocycles. The van der Waals surface area contributed by atoms with E-state index in [1.807, 2.05) is 0 Å². The number of benzene rings is 2. The van der Waals surface area contributed by atoms with Crippen LogP contribution in [0.4, 0.5) is 5.13 Å². The Morgan fingerprint density at radius 1 is 0.800 bits per heavy atom. The van der Waals surface area contributed by atoms with Crippen molar-refractivity contribution in [3.8, 4) is 22.4 Å². The van der Waals surface area contributed by atoms with E-state index in [0.29, 0.717) is 5.13 Å². The molecule has 2 aromatic carbocycles. The summed E-state index contributed by atoms with van der Waals surface area (Å²) in [5.41, 5.74) is 11.6. The fraction of sp³-hybridized carbons (Fsp3) is 0.118. The average molecular weight is 280 g/mol. The molecule has 0 saturated carbocycles. The molecule has 0 aliphatic rings.